The summed E-state index contributed by atoms with van der Waals surface area (Å²) in [6.07, 6.45) is 4.82. The van der Waals surface area contributed by atoms with E-state index in [1.54, 1.807) is 0 Å². The lowest BCUT2D eigenvalue weighted by atomic mass is 10.0. The fraction of sp³-hybridized carbons (Fsp3) is 0.615. The van der Waals surface area contributed by atoms with E-state index < -0.39 is 0 Å². The molecule has 1 aromatic rings. The third-order valence-electron chi connectivity index (χ3n) is 3.23. The molecule has 0 aromatic carbocycles. The van der Waals surface area contributed by atoms with Crippen molar-refractivity contribution in [2.24, 2.45) is 0 Å². The van der Waals surface area contributed by atoms with Gasteiger partial charge >= 0.3 is 0 Å². The standard InChI is InChI=1S/C13H22N/c1-6-7-8-14-9-10(2)11(3)12(4)13(14)5/h9H,6-8H2,1-5H3/q+1. The van der Waals surface area contributed by atoms with Crippen molar-refractivity contribution >= 4 is 0 Å². The van der Waals surface area contributed by atoms with E-state index >= 15 is 0 Å². The molecule has 0 saturated heterocycles. The molecule has 0 saturated carbocycles. The number of hydrogen-bond acceptors (Lipinski definition) is 0. The summed E-state index contributed by atoms with van der Waals surface area (Å²) in [6.45, 7) is 12.2. The van der Waals surface area contributed by atoms with Crippen LogP contribution in [0.2, 0.25) is 0 Å². The van der Waals surface area contributed by atoms with Crippen LogP contribution in [0.1, 0.15) is 42.1 Å². The lowest BCUT2D eigenvalue weighted by Crippen LogP contribution is -2.38. The first-order chi connectivity index (χ1) is 6.57. The van der Waals surface area contributed by atoms with Crippen molar-refractivity contribution in [2.45, 2.75) is 54.0 Å². The summed E-state index contributed by atoms with van der Waals surface area (Å²) in [6, 6.07) is 0. The highest BCUT2D eigenvalue weighted by molar-refractivity contribution is 5.29. The molecule has 1 nitrogen and oxygen atoms in total. The van der Waals surface area contributed by atoms with Crippen molar-refractivity contribution in [1.29, 1.82) is 0 Å². The Hall–Kier alpha value is -0.850. The number of nitrogens with zero attached hydrogens (tertiary/aromatic N) is 1. The van der Waals surface area contributed by atoms with Crippen molar-refractivity contribution < 1.29 is 4.57 Å². The molecule has 78 valence electrons. The highest BCUT2D eigenvalue weighted by atomic mass is 15.0. The summed E-state index contributed by atoms with van der Waals surface area (Å²) < 4.78 is 2.39. The summed E-state index contributed by atoms with van der Waals surface area (Å²) in [5.41, 5.74) is 5.71. The lowest BCUT2D eigenvalue weighted by molar-refractivity contribution is -0.703. The van der Waals surface area contributed by atoms with E-state index in [1.807, 2.05) is 0 Å². The second-order valence-electron chi connectivity index (χ2n) is 4.19. The van der Waals surface area contributed by atoms with E-state index in [1.165, 1.54) is 35.2 Å². The third kappa shape index (κ3) is 2.14. The van der Waals surface area contributed by atoms with Gasteiger partial charge in [-0.25, -0.2) is 4.57 Å². The minimum absolute atomic E-state index is 1.16. The Morgan fingerprint density at radius 1 is 1.07 bits per heavy atom. The zero-order valence-corrected chi connectivity index (χ0v) is 10.1. The molecule has 1 heterocycles. The minimum Gasteiger partial charge on any atom is -0.202 e. The quantitative estimate of drug-likeness (QED) is 0.648. The Morgan fingerprint density at radius 3 is 2.29 bits per heavy atom. The molecular formula is C13H22N+. The van der Waals surface area contributed by atoms with E-state index in [0.717, 1.165) is 6.54 Å². The molecule has 0 aliphatic heterocycles. The van der Waals surface area contributed by atoms with Crippen molar-refractivity contribution in [2.75, 3.05) is 0 Å². The van der Waals surface area contributed by atoms with Gasteiger partial charge in [0.2, 0.25) is 0 Å². The SMILES string of the molecule is CCCC[n+]1cc(C)c(C)c(C)c1C. The van der Waals surface area contributed by atoms with Gasteiger partial charge in [0.25, 0.3) is 0 Å². The van der Waals surface area contributed by atoms with Crippen LogP contribution < -0.4 is 4.57 Å². The van der Waals surface area contributed by atoms with Crippen LogP contribution in [0, 0.1) is 27.7 Å². The predicted octanol–water partition coefficient (Wildman–Crippen LogP) is 3.01. The Balaban J connectivity index is 3.06. The van der Waals surface area contributed by atoms with Gasteiger partial charge < -0.3 is 0 Å². The van der Waals surface area contributed by atoms with Gasteiger partial charge in [0, 0.05) is 24.5 Å². The van der Waals surface area contributed by atoms with Gasteiger partial charge in [-0.15, -0.1) is 0 Å². The average molecular weight is 192 g/mol. The van der Waals surface area contributed by atoms with Crippen LogP contribution >= 0.6 is 0 Å². The predicted molar refractivity (Wildman–Crippen MR) is 60.5 cm³/mol. The molecular weight excluding hydrogens is 170 g/mol. The first kappa shape index (κ1) is 11.2. The van der Waals surface area contributed by atoms with Gasteiger partial charge in [-0.2, -0.15) is 0 Å². The maximum Gasteiger partial charge on any atom is 0.181 e. The van der Waals surface area contributed by atoms with Crippen molar-refractivity contribution in [1.82, 2.24) is 0 Å². The number of hydrogen-bond donors (Lipinski definition) is 0. The van der Waals surface area contributed by atoms with Gasteiger partial charge in [0.05, 0.1) is 0 Å². The van der Waals surface area contributed by atoms with Crippen LogP contribution in [0.15, 0.2) is 6.20 Å². The van der Waals surface area contributed by atoms with E-state index in [-0.39, 0.29) is 0 Å². The normalized spacial score (nSPS) is 10.6. The van der Waals surface area contributed by atoms with Crippen LogP contribution in [0.4, 0.5) is 0 Å². The molecule has 1 aromatic heterocycles. The first-order valence-corrected chi connectivity index (χ1v) is 5.54. The van der Waals surface area contributed by atoms with Crippen molar-refractivity contribution in [3.63, 3.8) is 0 Å². The van der Waals surface area contributed by atoms with Gasteiger partial charge in [0.15, 0.2) is 11.9 Å². The molecule has 0 aliphatic rings. The molecule has 0 N–H and O–H groups in total. The van der Waals surface area contributed by atoms with Crippen LogP contribution in [-0.4, -0.2) is 0 Å². The monoisotopic (exact) mass is 192 g/mol. The lowest BCUT2D eigenvalue weighted by Gasteiger charge is -2.08. The highest BCUT2D eigenvalue weighted by Crippen LogP contribution is 2.12. The fourth-order valence-electron chi connectivity index (χ4n) is 1.77. The topological polar surface area (TPSA) is 3.88 Å². The molecule has 0 unspecified atom stereocenters. The molecule has 0 bridgehead atoms. The molecule has 0 radical (unpaired) electrons. The summed E-state index contributed by atoms with van der Waals surface area (Å²) in [5, 5.41) is 0. The third-order valence-corrected chi connectivity index (χ3v) is 3.23. The zero-order valence-electron chi connectivity index (χ0n) is 10.1. The first-order valence-electron chi connectivity index (χ1n) is 5.54. The maximum atomic E-state index is 2.39. The van der Waals surface area contributed by atoms with Crippen LogP contribution in [0.3, 0.4) is 0 Å². The van der Waals surface area contributed by atoms with Crippen molar-refractivity contribution in [3.8, 4) is 0 Å². The molecule has 0 fully saturated rings. The van der Waals surface area contributed by atoms with E-state index in [2.05, 4.69) is 45.4 Å². The smallest absolute Gasteiger partial charge is 0.181 e. The van der Waals surface area contributed by atoms with Gasteiger partial charge in [-0.3, -0.25) is 0 Å². The molecule has 14 heavy (non-hydrogen) atoms. The van der Waals surface area contributed by atoms with Crippen molar-refractivity contribution in [3.05, 3.63) is 28.6 Å². The summed E-state index contributed by atoms with van der Waals surface area (Å²) in [5.74, 6) is 0. The van der Waals surface area contributed by atoms with Crippen LogP contribution in [-0.2, 0) is 6.54 Å². The molecule has 1 rings (SSSR count). The van der Waals surface area contributed by atoms with E-state index in [0.29, 0.717) is 0 Å². The second-order valence-corrected chi connectivity index (χ2v) is 4.19. The zero-order chi connectivity index (χ0) is 10.7. The van der Waals surface area contributed by atoms with Gasteiger partial charge in [-0.05, 0) is 26.3 Å². The summed E-state index contributed by atoms with van der Waals surface area (Å²) >= 11 is 0. The second kappa shape index (κ2) is 4.59. The van der Waals surface area contributed by atoms with Crippen LogP contribution in [0.25, 0.3) is 0 Å². The van der Waals surface area contributed by atoms with E-state index in [4.69, 9.17) is 0 Å². The summed E-state index contributed by atoms with van der Waals surface area (Å²) in [4.78, 5) is 0. The number of rotatable bonds is 3. The average Bonchev–Trinajstić information content (AvgIpc) is 2.18. The molecule has 1 heteroatoms. The van der Waals surface area contributed by atoms with E-state index in [9.17, 15) is 0 Å². The highest BCUT2D eigenvalue weighted by Gasteiger charge is 2.12. The molecule has 0 aliphatic carbocycles. The summed E-state index contributed by atoms with van der Waals surface area (Å²) in [7, 11) is 0. The van der Waals surface area contributed by atoms with Crippen LogP contribution in [0.5, 0.6) is 0 Å². The maximum absolute atomic E-state index is 2.39. The van der Waals surface area contributed by atoms with Gasteiger partial charge in [0.1, 0.15) is 6.54 Å². The number of aryl methyl sites for hydroxylation is 2. The molecule has 0 atom stereocenters. The Kier molecular flexibility index (Phi) is 3.68. The fourth-order valence-corrected chi connectivity index (χ4v) is 1.77. The minimum atomic E-state index is 1.16. The Morgan fingerprint density at radius 2 is 1.71 bits per heavy atom. The molecule has 0 amide bonds. The number of aromatic nitrogens is 1. The number of unbranched alkanes of at least 4 members (excludes halogenated alkanes) is 1. The van der Waals surface area contributed by atoms with Gasteiger partial charge in [-0.1, -0.05) is 13.3 Å². The Bertz CT molecular complexity index is 326. The Labute approximate surface area is 87.8 Å². The molecule has 0 spiro atoms. The number of pyridine rings is 1. The largest absolute Gasteiger partial charge is 0.202 e.